The van der Waals surface area contributed by atoms with Gasteiger partial charge in [0.25, 0.3) is 11.8 Å². The number of rotatable bonds is 7. The van der Waals surface area contributed by atoms with Crippen LogP contribution in [0.4, 0.5) is 0 Å². The minimum absolute atomic E-state index is 0.147. The number of fused-ring (bicyclic) bond motifs is 1. The molecule has 39 heavy (non-hydrogen) atoms. The molecule has 0 radical (unpaired) electrons. The standard InChI is InChI=1S/C30H28N6O2S/c1-18-12-21(30(10-11-30)35-29(38)27-16-39-17-31-27)8-9-22(18)28(37)33-19(2)24-13-26(20-14-32-36(3)15-20)34-25-7-5-4-6-23(24)25/h4-9,12-17,19H,10-11H2,1-3H3,(H,33,37)(H,35,38). The van der Waals surface area contributed by atoms with Crippen molar-refractivity contribution in [3.05, 3.63) is 99.8 Å². The van der Waals surface area contributed by atoms with Crippen molar-refractivity contribution in [2.45, 2.75) is 38.3 Å². The van der Waals surface area contributed by atoms with Crippen molar-refractivity contribution in [3.8, 4) is 11.3 Å². The number of pyridine rings is 1. The number of carbonyl (C=O) groups excluding carboxylic acids is 2. The summed E-state index contributed by atoms with van der Waals surface area (Å²) in [5.41, 5.74) is 7.76. The summed E-state index contributed by atoms with van der Waals surface area (Å²) in [4.78, 5) is 35.0. The normalized spacial score (nSPS) is 14.6. The van der Waals surface area contributed by atoms with Crippen molar-refractivity contribution in [1.29, 1.82) is 0 Å². The minimum atomic E-state index is -0.396. The Kier molecular flexibility index (Phi) is 6.23. The van der Waals surface area contributed by atoms with Gasteiger partial charge in [0.15, 0.2) is 0 Å². The molecule has 1 atom stereocenters. The highest BCUT2D eigenvalue weighted by Crippen LogP contribution is 2.46. The van der Waals surface area contributed by atoms with E-state index in [1.165, 1.54) is 11.3 Å². The number of para-hydroxylation sites is 1. The summed E-state index contributed by atoms with van der Waals surface area (Å²) < 4.78 is 1.75. The minimum Gasteiger partial charge on any atom is -0.345 e. The Balaban J connectivity index is 1.24. The largest absolute Gasteiger partial charge is 0.345 e. The maximum atomic E-state index is 13.4. The highest BCUT2D eigenvalue weighted by molar-refractivity contribution is 7.07. The van der Waals surface area contributed by atoms with Crippen LogP contribution in [0.15, 0.2) is 71.8 Å². The van der Waals surface area contributed by atoms with Crippen LogP contribution in [0.5, 0.6) is 0 Å². The number of carbonyl (C=O) groups is 2. The van der Waals surface area contributed by atoms with Gasteiger partial charge in [0.2, 0.25) is 0 Å². The lowest BCUT2D eigenvalue weighted by atomic mass is 9.97. The Morgan fingerprint density at radius 2 is 1.92 bits per heavy atom. The molecule has 196 valence electrons. The van der Waals surface area contributed by atoms with Crippen molar-refractivity contribution in [1.82, 2.24) is 30.4 Å². The molecule has 0 spiro atoms. The van der Waals surface area contributed by atoms with Crippen LogP contribution in [0.25, 0.3) is 22.2 Å². The third-order valence-electron chi connectivity index (χ3n) is 7.35. The monoisotopic (exact) mass is 536 g/mol. The molecular weight excluding hydrogens is 508 g/mol. The molecular formula is C30H28N6O2S. The van der Waals surface area contributed by atoms with Crippen molar-refractivity contribution in [2.75, 3.05) is 0 Å². The number of hydrogen-bond donors (Lipinski definition) is 2. The summed E-state index contributed by atoms with van der Waals surface area (Å²) in [6, 6.07) is 15.5. The lowest BCUT2D eigenvalue weighted by molar-refractivity contribution is 0.0920. The first kappa shape index (κ1) is 24.9. The summed E-state index contributed by atoms with van der Waals surface area (Å²) in [5, 5.41) is 13.4. The van der Waals surface area contributed by atoms with E-state index >= 15 is 0 Å². The molecule has 5 aromatic rings. The van der Waals surface area contributed by atoms with Crippen LogP contribution >= 0.6 is 11.3 Å². The molecule has 1 aliphatic rings. The average molecular weight is 537 g/mol. The molecule has 1 fully saturated rings. The first-order valence-corrected chi connectivity index (χ1v) is 13.8. The zero-order valence-electron chi connectivity index (χ0n) is 21.9. The maximum Gasteiger partial charge on any atom is 0.271 e. The van der Waals surface area contributed by atoms with E-state index in [1.54, 1.807) is 21.8 Å². The number of aryl methyl sites for hydroxylation is 2. The molecule has 3 heterocycles. The van der Waals surface area contributed by atoms with Gasteiger partial charge in [-0.1, -0.05) is 30.3 Å². The fourth-order valence-electron chi connectivity index (χ4n) is 5.05. The smallest absolute Gasteiger partial charge is 0.271 e. The zero-order valence-corrected chi connectivity index (χ0v) is 22.7. The highest BCUT2D eigenvalue weighted by atomic mass is 32.1. The van der Waals surface area contributed by atoms with Crippen LogP contribution in [-0.4, -0.2) is 31.6 Å². The molecule has 8 nitrogen and oxygen atoms in total. The Morgan fingerprint density at radius 3 is 2.62 bits per heavy atom. The lowest BCUT2D eigenvalue weighted by Crippen LogP contribution is -2.35. The molecule has 1 saturated carbocycles. The van der Waals surface area contributed by atoms with Gasteiger partial charge in [-0.15, -0.1) is 11.3 Å². The Labute approximate surface area is 230 Å². The molecule has 6 rings (SSSR count). The van der Waals surface area contributed by atoms with E-state index in [0.29, 0.717) is 11.3 Å². The van der Waals surface area contributed by atoms with Gasteiger partial charge in [0.05, 0.1) is 34.5 Å². The quantitative estimate of drug-likeness (QED) is 0.294. The molecule has 1 unspecified atom stereocenters. The van der Waals surface area contributed by atoms with Gasteiger partial charge in [-0.05, 0) is 61.6 Å². The number of nitrogens with one attached hydrogen (secondary N) is 2. The molecule has 2 N–H and O–H groups in total. The van der Waals surface area contributed by atoms with Gasteiger partial charge in [-0.25, -0.2) is 9.97 Å². The van der Waals surface area contributed by atoms with Crippen molar-refractivity contribution in [2.24, 2.45) is 7.05 Å². The molecule has 2 amide bonds. The van der Waals surface area contributed by atoms with E-state index in [1.807, 2.05) is 75.6 Å². The molecule has 9 heteroatoms. The average Bonchev–Trinajstić information content (AvgIpc) is 3.29. The summed E-state index contributed by atoms with van der Waals surface area (Å²) in [6.07, 6.45) is 5.44. The third-order valence-corrected chi connectivity index (χ3v) is 7.94. The Bertz CT molecular complexity index is 1700. The van der Waals surface area contributed by atoms with E-state index in [9.17, 15) is 9.59 Å². The molecule has 0 bridgehead atoms. The predicted octanol–water partition coefficient (Wildman–Crippen LogP) is 5.31. The van der Waals surface area contributed by atoms with Crippen LogP contribution in [0, 0.1) is 6.92 Å². The Morgan fingerprint density at radius 1 is 1.10 bits per heavy atom. The topological polar surface area (TPSA) is 102 Å². The SMILES string of the molecule is Cc1cc(C2(NC(=O)c3cscn3)CC2)ccc1C(=O)NC(C)c1cc(-c2cnn(C)c2)nc2ccccc12. The number of amides is 2. The highest BCUT2D eigenvalue weighted by Gasteiger charge is 2.46. The van der Waals surface area contributed by atoms with E-state index in [0.717, 1.165) is 51.7 Å². The van der Waals surface area contributed by atoms with Gasteiger partial charge in [0, 0.05) is 35.1 Å². The number of nitrogens with zero attached hydrogens (tertiary/aromatic N) is 4. The van der Waals surface area contributed by atoms with Gasteiger partial charge in [-0.2, -0.15) is 5.10 Å². The van der Waals surface area contributed by atoms with E-state index in [2.05, 4.69) is 20.7 Å². The third kappa shape index (κ3) is 4.81. The zero-order chi connectivity index (χ0) is 27.1. The Hall–Kier alpha value is -4.37. The van der Waals surface area contributed by atoms with Crippen LogP contribution in [0.1, 0.15) is 63.3 Å². The fraction of sp³-hybridized carbons (Fsp3) is 0.233. The molecule has 1 aliphatic carbocycles. The molecule has 0 saturated heterocycles. The summed E-state index contributed by atoms with van der Waals surface area (Å²) in [5.74, 6) is -0.316. The first-order valence-electron chi connectivity index (χ1n) is 12.8. The molecule has 0 aliphatic heterocycles. The van der Waals surface area contributed by atoms with Crippen LogP contribution in [0.2, 0.25) is 0 Å². The van der Waals surface area contributed by atoms with E-state index in [4.69, 9.17) is 4.98 Å². The van der Waals surface area contributed by atoms with Crippen LogP contribution < -0.4 is 10.6 Å². The molecule has 3 aromatic heterocycles. The van der Waals surface area contributed by atoms with Crippen LogP contribution in [0.3, 0.4) is 0 Å². The van der Waals surface area contributed by atoms with Crippen molar-refractivity contribution < 1.29 is 9.59 Å². The lowest BCUT2D eigenvalue weighted by Gasteiger charge is -2.20. The van der Waals surface area contributed by atoms with E-state index in [-0.39, 0.29) is 17.9 Å². The van der Waals surface area contributed by atoms with E-state index < -0.39 is 5.54 Å². The molecule has 2 aromatic carbocycles. The van der Waals surface area contributed by atoms with Gasteiger partial charge in [-0.3, -0.25) is 14.3 Å². The first-order chi connectivity index (χ1) is 18.8. The second-order valence-corrected chi connectivity index (χ2v) is 10.9. The second kappa shape index (κ2) is 9.74. The van der Waals surface area contributed by atoms with Gasteiger partial charge < -0.3 is 10.6 Å². The summed E-state index contributed by atoms with van der Waals surface area (Å²) in [7, 11) is 1.88. The van der Waals surface area contributed by atoms with Gasteiger partial charge in [0.1, 0.15) is 5.69 Å². The summed E-state index contributed by atoms with van der Waals surface area (Å²) >= 11 is 1.40. The van der Waals surface area contributed by atoms with Gasteiger partial charge >= 0.3 is 0 Å². The van der Waals surface area contributed by atoms with Crippen molar-refractivity contribution in [3.63, 3.8) is 0 Å². The number of aromatic nitrogens is 4. The number of benzene rings is 2. The predicted molar refractivity (Wildman–Crippen MR) is 151 cm³/mol. The van der Waals surface area contributed by atoms with Crippen LogP contribution in [-0.2, 0) is 12.6 Å². The summed E-state index contributed by atoms with van der Waals surface area (Å²) in [6.45, 7) is 3.92. The second-order valence-electron chi connectivity index (χ2n) is 10.2. The van der Waals surface area contributed by atoms with Crippen molar-refractivity contribution >= 4 is 34.1 Å². The number of hydrogen-bond acceptors (Lipinski definition) is 6. The maximum absolute atomic E-state index is 13.4. The fourth-order valence-corrected chi connectivity index (χ4v) is 5.58. The number of thiazole rings is 1.